The number of fused-ring (bicyclic) bond motifs is 1. The highest BCUT2D eigenvalue weighted by atomic mass is 14.9. The van der Waals surface area contributed by atoms with Crippen LogP contribution in [0.5, 0.6) is 0 Å². The van der Waals surface area contributed by atoms with Gasteiger partial charge in [-0.15, -0.1) is 0 Å². The molecule has 18 heavy (non-hydrogen) atoms. The maximum atomic E-state index is 3.58. The number of aryl methyl sites for hydroxylation is 1. The van der Waals surface area contributed by atoms with E-state index in [-0.39, 0.29) is 0 Å². The Bertz CT molecular complexity index is 509. The van der Waals surface area contributed by atoms with Gasteiger partial charge in [0, 0.05) is 6.04 Å². The summed E-state index contributed by atoms with van der Waals surface area (Å²) in [6.07, 6.45) is 6.56. The summed E-state index contributed by atoms with van der Waals surface area (Å²) in [4.78, 5) is 0. The Hall–Kier alpha value is -1.34. The molecule has 0 aliphatic heterocycles. The lowest BCUT2D eigenvalue weighted by molar-refractivity contribution is 0.620. The Morgan fingerprint density at radius 1 is 0.944 bits per heavy atom. The lowest BCUT2D eigenvalue weighted by Crippen LogP contribution is -2.17. The van der Waals surface area contributed by atoms with Gasteiger partial charge in [0.2, 0.25) is 0 Å². The van der Waals surface area contributed by atoms with E-state index in [1.807, 2.05) is 0 Å². The van der Waals surface area contributed by atoms with E-state index in [4.69, 9.17) is 0 Å². The molecule has 1 N–H and O–H groups in total. The number of hydrogen-bond donors (Lipinski definition) is 1. The van der Waals surface area contributed by atoms with Crippen molar-refractivity contribution in [3.8, 4) is 0 Å². The molecule has 3 rings (SSSR count). The minimum absolute atomic E-state index is 0.850. The van der Waals surface area contributed by atoms with Crippen LogP contribution in [0.3, 0.4) is 0 Å². The largest absolute Gasteiger partial charge is 0.314 e. The highest BCUT2D eigenvalue weighted by molar-refractivity contribution is 5.85. The summed E-state index contributed by atoms with van der Waals surface area (Å²) in [5.41, 5.74) is 1.50. The molecule has 2 aromatic rings. The Labute approximate surface area is 109 Å². The SMILES string of the molecule is c1ccc2c(CCCCNC3CC3)cccc2c1. The molecule has 1 aliphatic rings. The van der Waals surface area contributed by atoms with Crippen molar-refractivity contribution < 1.29 is 0 Å². The van der Waals surface area contributed by atoms with Crippen molar-refractivity contribution >= 4 is 10.8 Å². The smallest absolute Gasteiger partial charge is 0.00682 e. The number of hydrogen-bond acceptors (Lipinski definition) is 1. The summed E-state index contributed by atoms with van der Waals surface area (Å²) in [7, 11) is 0. The second-order valence-corrected chi connectivity index (χ2v) is 5.32. The van der Waals surface area contributed by atoms with E-state index in [9.17, 15) is 0 Å². The Morgan fingerprint density at radius 3 is 2.67 bits per heavy atom. The van der Waals surface area contributed by atoms with Crippen LogP contribution in [0.25, 0.3) is 10.8 Å². The zero-order valence-corrected chi connectivity index (χ0v) is 10.9. The van der Waals surface area contributed by atoms with Crippen LogP contribution in [0.15, 0.2) is 42.5 Å². The van der Waals surface area contributed by atoms with Crippen molar-refractivity contribution in [2.24, 2.45) is 0 Å². The monoisotopic (exact) mass is 239 g/mol. The highest BCUT2D eigenvalue weighted by Crippen LogP contribution is 2.21. The summed E-state index contributed by atoms with van der Waals surface area (Å²) < 4.78 is 0. The molecule has 94 valence electrons. The molecule has 1 heteroatoms. The van der Waals surface area contributed by atoms with Gasteiger partial charge in [0.05, 0.1) is 0 Å². The van der Waals surface area contributed by atoms with Crippen LogP contribution < -0.4 is 5.32 Å². The molecule has 0 amide bonds. The summed E-state index contributed by atoms with van der Waals surface area (Å²) in [6.45, 7) is 1.19. The van der Waals surface area contributed by atoms with E-state index in [1.165, 1.54) is 55.0 Å². The maximum Gasteiger partial charge on any atom is 0.00682 e. The van der Waals surface area contributed by atoms with Crippen molar-refractivity contribution in [3.05, 3.63) is 48.0 Å². The van der Waals surface area contributed by atoms with E-state index in [2.05, 4.69) is 47.8 Å². The van der Waals surface area contributed by atoms with E-state index < -0.39 is 0 Å². The van der Waals surface area contributed by atoms with Crippen molar-refractivity contribution in [3.63, 3.8) is 0 Å². The molecule has 0 saturated heterocycles. The van der Waals surface area contributed by atoms with Crippen molar-refractivity contribution in [2.75, 3.05) is 6.54 Å². The van der Waals surface area contributed by atoms with Crippen LogP contribution in [0.1, 0.15) is 31.2 Å². The fraction of sp³-hybridized carbons (Fsp3) is 0.412. The molecule has 1 aliphatic carbocycles. The standard InChI is InChI=1S/C17H21N/c1-2-10-17-14(6-1)8-5-9-15(17)7-3-4-13-18-16-11-12-16/h1-2,5-6,8-10,16,18H,3-4,7,11-13H2. The molecule has 0 atom stereocenters. The van der Waals surface area contributed by atoms with Crippen molar-refractivity contribution in [2.45, 2.75) is 38.1 Å². The van der Waals surface area contributed by atoms with E-state index in [1.54, 1.807) is 0 Å². The van der Waals surface area contributed by atoms with Crippen LogP contribution in [0.2, 0.25) is 0 Å². The second kappa shape index (κ2) is 5.53. The average Bonchev–Trinajstić information content (AvgIpc) is 3.23. The normalized spacial score (nSPS) is 15.1. The van der Waals surface area contributed by atoms with E-state index >= 15 is 0 Å². The summed E-state index contributed by atoms with van der Waals surface area (Å²) in [6, 6.07) is 16.2. The first-order valence-electron chi connectivity index (χ1n) is 7.13. The van der Waals surface area contributed by atoms with Crippen LogP contribution in [0.4, 0.5) is 0 Å². The molecule has 0 aromatic heterocycles. The van der Waals surface area contributed by atoms with Crippen LogP contribution >= 0.6 is 0 Å². The molecule has 2 aromatic carbocycles. The van der Waals surface area contributed by atoms with Gasteiger partial charge in [0.1, 0.15) is 0 Å². The molecule has 1 saturated carbocycles. The van der Waals surface area contributed by atoms with Gasteiger partial charge in [-0.3, -0.25) is 0 Å². The molecule has 1 fully saturated rings. The molecule has 0 unspecified atom stereocenters. The van der Waals surface area contributed by atoms with Crippen LogP contribution in [-0.2, 0) is 6.42 Å². The van der Waals surface area contributed by atoms with E-state index in [0.29, 0.717) is 0 Å². The topological polar surface area (TPSA) is 12.0 Å². The molecule has 0 spiro atoms. The van der Waals surface area contributed by atoms with Gasteiger partial charge in [-0.2, -0.15) is 0 Å². The third-order valence-electron chi connectivity index (χ3n) is 3.76. The third kappa shape index (κ3) is 2.91. The minimum atomic E-state index is 0.850. The van der Waals surface area contributed by atoms with Gasteiger partial charge in [-0.05, 0) is 55.0 Å². The number of benzene rings is 2. The molecule has 0 radical (unpaired) electrons. The fourth-order valence-electron chi connectivity index (χ4n) is 2.54. The number of rotatable bonds is 6. The van der Waals surface area contributed by atoms with Crippen LogP contribution in [-0.4, -0.2) is 12.6 Å². The lowest BCUT2D eigenvalue weighted by atomic mass is 10.0. The Kier molecular flexibility index (Phi) is 3.61. The van der Waals surface area contributed by atoms with Crippen molar-refractivity contribution in [1.82, 2.24) is 5.32 Å². The van der Waals surface area contributed by atoms with Gasteiger partial charge in [0.25, 0.3) is 0 Å². The Balaban J connectivity index is 1.56. The summed E-state index contributed by atoms with van der Waals surface area (Å²) >= 11 is 0. The number of unbranched alkanes of at least 4 members (excludes halogenated alkanes) is 1. The highest BCUT2D eigenvalue weighted by Gasteiger charge is 2.19. The first kappa shape index (κ1) is 11.7. The summed E-state index contributed by atoms with van der Waals surface area (Å²) in [5, 5.41) is 6.37. The van der Waals surface area contributed by atoms with Gasteiger partial charge in [-0.1, -0.05) is 42.5 Å². The molecule has 1 nitrogen and oxygen atoms in total. The predicted molar refractivity (Wildman–Crippen MR) is 77.9 cm³/mol. The van der Waals surface area contributed by atoms with E-state index in [0.717, 1.165) is 6.04 Å². The zero-order chi connectivity index (χ0) is 12.2. The number of nitrogens with one attached hydrogen (secondary N) is 1. The fourth-order valence-corrected chi connectivity index (χ4v) is 2.54. The summed E-state index contributed by atoms with van der Waals surface area (Å²) in [5.74, 6) is 0. The quantitative estimate of drug-likeness (QED) is 0.753. The molecule has 0 bridgehead atoms. The first-order chi connectivity index (χ1) is 8.93. The predicted octanol–water partition coefficient (Wildman–Crippen LogP) is 3.91. The molecule has 0 heterocycles. The third-order valence-corrected chi connectivity index (χ3v) is 3.76. The second-order valence-electron chi connectivity index (χ2n) is 5.32. The Morgan fingerprint density at radius 2 is 1.78 bits per heavy atom. The van der Waals surface area contributed by atoms with Crippen LogP contribution in [0, 0.1) is 0 Å². The van der Waals surface area contributed by atoms with Gasteiger partial charge < -0.3 is 5.32 Å². The lowest BCUT2D eigenvalue weighted by Gasteiger charge is -2.07. The van der Waals surface area contributed by atoms with Crippen molar-refractivity contribution in [1.29, 1.82) is 0 Å². The minimum Gasteiger partial charge on any atom is -0.314 e. The van der Waals surface area contributed by atoms with Gasteiger partial charge in [-0.25, -0.2) is 0 Å². The first-order valence-corrected chi connectivity index (χ1v) is 7.13. The zero-order valence-electron chi connectivity index (χ0n) is 10.9. The molecular formula is C17H21N. The maximum absolute atomic E-state index is 3.58. The average molecular weight is 239 g/mol. The molecular weight excluding hydrogens is 218 g/mol. The van der Waals surface area contributed by atoms with Gasteiger partial charge in [0.15, 0.2) is 0 Å². The van der Waals surface area contributed by atoms with Gasteiger partial charge >= 0.3 is 0 Å².